The molecule has 4 aromatic rings. The van der Waals surface area contributed by atoms with E-state index in [-0.39, 0.29) is 29.9 Å². The van der Waals surface area contributed by atoms with Crippen LogP contribution in [0.25, 0.3) is 11.0 Å². The van der Waals surface area contributed by atoms with Gasteiger partial charge in [-0.25, -0.2) is 0 Å². The third-order valence-corrected chi connectivity index (χ3v) is 5.32. The highest BCUT2D eigenvalue weighted by atomic mass is 16.3. The lowest BCUT2D eigenvalue weighted by Gasteiger charge is -2.11. The van der Waals surface area contributed by atoms with Crippen LogP contribution in [-0.4, -0.2) is 36.7 Å². The number of furan rings is 1. The first-order valence-corrected chi connectivity index (χ1v) is 10.9. The van der Waals surface area contributed by atoms with E-state index in [1.54, 1.807) is 61.5 Å². The third-order valence-electron chi connectivity index (χ3n) is 5.32. The van der Waals surface area contributed by atoms with Crippen molar-refractivity contribution < 1.29 is 18.8 Å². The van der Waals surface area contributed by atoms with E-state index in [0.717, 1.165) is 16.5 Å². The first-order chi connectivity index (χ1) is 16.4. The molecule has 0 unspecified atom stereocenters. The van der Waals surface area contributed by atoms with E-state index in [2.05, 4.69) is 10.6 Å². The number of anilines is 2. The van der Waals surface area contributed by atoms with E-state index in [1.165, 1.54) is 0 Å². The molecule has 34 heavy (non-hydrogen) atoms. The monoisotopic (exact) mass is 455 g/mol. The van der Waals surface area contributed by atoms with Gasteiger partial charge in [0.2, 0.25) is 11.8 Å². The van der Waals surface area contributed by atoms with Gasteiger partial charge in [-0.1, -0.05) is 42.5 Å². The predicted octanol–water partition coefficient (Wildman–Crippen LogP) is 4.50. The summed E-state index contributed by atoms with van der Waals surface area (Å²) in [6.45, 7) is 0. The van der Waals surface area contributed by atoms with Crippen LogP contribution in [0.15, 0.2) is 83.3 Å². The van der Waals surface area contributed by atoms with Gasteiger partial charge in [0.05, 0.1) is 12.8 Å². The van der Waals surface area contributed by atoms with Crippen molar-refractivity contribution in [3.63, 3.8) is 0 Å². The third kappa shape index (κ3) is 5.69. The van der Waals surface area contributed by atoms with Crippen molar-refractivity contribution in [1.82, 2.24) is 4.90 Å². The molecule has 0 saturated carbocycles. The number of rotatable bonds is 7. The number of benzene rings is 3. The number of hydrogen-bond donors (Lipinski definition) is 2. The molecule has 0 aliphatic carbocycles. The van der Waals surface area contributed by atoms with E-state index in [0.29, 0.717) is 23.4 Å². The number of fused-ring (bicyclic) bond motifs is 1. The van der Waals surface area contributed by atoms with E-state index in [4.69, 9.17) is 4.42 Å². The maximum absolute atomic E-state index is 12.5. The fraction of sp³-hybridized carbons (Fsp3) is 0.148. The second kappa shape index (κ2) is 10.0. The average molecular weight is 456 g/mol. The molecule has 7 nitrogen and oxygen atoms in total. The number of para-hydroxylation sites is 1. The summed E-state index contributed by atoms with van der Waals surface area (Å²) in [6, 6.07) is 23.5. The van der Waals surface area contributed by atoms with Gasteiger partial charge in [0, 0.05) is 30.9 Å². The minimum Gasteiger partial charge on any atom is -0.451 e. The van der Waals surface area contributed by atoms with Crippen LogP contribution in [-0.2, 0) is 22.4 Å². The standard InChI is InChI=1S/C27H25N3O4/c1-30(2)26(32)16-19-9-11-21(12-10-19)28-25(31)15-18-7-13-22(14-8-18)29-27(33)24-17-20-5-3-4-6-23(20)34-24/h3-14,17H,15-16H2,1-2H3,(H,28,31)(H,29,33). The van der Waals surface area contributed by atoms with Crippen molar-refractivity contribution in [3.05, 3.63) is 95.7 Å². The molecule has 172 valence electrons. The highest BCUT2D eigenvalue weighted by molar-refractivity contribution is 6.04. The highest BCUT2D eigenvalue weighted by Crippen LogP contribution is 2.20. The smallest absolute Gasteiger partial charge is 0.291 e. The second-order valence-electron chi connectivity index (χ2n) is 8.19. The molecular formula is C27H25N3O4. The Morgan fingerprint density at radius 1 is 0.765 bits per heavy atom. The van der Waals surface area contributed by atoms with Gasteiger partial charge in [0.1, 0.15) is 5.58 Å². The SMILES string of the molecule is CN(C)C(=O)Cc1ccc(NC(=O)Cc2ccc(NC(=O)c3cc4ccccc4o3)cc2)cc1. The van der Waals surface area contributed by atoms with Crippen molar-refractivity contribution >= 4 is 40.1 Å². The van der Waals surface area contributed by atoms with Crippen LogP contribution in [0.3, 0.4) is 0 Å². The molecule has 1 aromatic heterocycles. The molecule has 0 radical (unpaired) electrons. The Bertz CT molecular complexity index is 1290. The first kappa shape index (κ1) is 22.8. The lowest BCUT2D eigenvalue weighted by Crippen LogP contribution is -2.23. The predicted molar refractivity (Wildman–Crippen MR) is 132 cm³/mol. The topological polar surface area (TPSA) is 91.7 Å². The van der Waals surface area contributed by atoms with Crippen LogP contribution in [0.5, 0.6) is 0 Å². The second-order valence-corrected chi connectivity index (χ2v) is 8.19. The van der Waals surface area contributed by atoms with Crippen LogP contribution in [0, 0.1) is 0 Å². The number of likely N-dealkylation sites (N-methyl/N-ethyl adjacent to an activating group) is 1. The molecule has 1 heterocycles. The zero-order valence-corrected chi connectivity index (χ0v) is 19.0. The van der Waals surface area contributed by atoms with Crippen molar-refractivity contribution in [2.45, 2.75) is 12.8 Å². The molecule has 7 heteroatoms. The summed E-state index contributed by atoms with van der Waals surface area (Å²) in [4.78, 5) is 38.2. The number of hydrogen-bond acceptors (Lipinski definition) is 4. The Balaban J connectivity index is 1.30. The molecule has 3 amide bonds. The Kier molecular flexibility index (Phi) is 6.73. The number of carbonyl (C=O) groups excluding carboxylic acids is 3. The lowest BCUT2D eigenvalue weighted by molar-refractivity contribution is -0.128. The molecule has 0 saturated heterocycles. The highest BCUT2D eigenvalue weighted by Gasteiger charge is 2.13. The van der Waals surface area contributed by atoms with Gasteiger partial charge in [0.25, 0.3) is 5.91 Å². The van der Waals surface area contributed by atoms with Gasteiger partial charge in [-0.2, -0.15) is 0 Å². The summed E-state index contributed by atoms with van der Waals surface area (Å²) in [5.41, 5.74) is 3.63. The number of nitrogens with one attached hydrogen (secondary N) is 2. The first-order valence-electron chi connectivity index (χ1n) is 10.9. The number of carbonyl (C=O) groups is 3. The van der Waals surface area contributed by atoms with Gasteiger partial charge in [-0.3, -0.25) is 14.4 Å². The molecule has 0 fully saturated rings. The summed E-state index contributed by atoms with van der Waals surface area (Å²) < 4.78 is 5.59. The number of amides is 3. The summed E-state index contributed by atoms with van der Waals surface area (Å²) in [5, 5.41) is 6.53. The van der Waals surface area contributed by atoms with E-state index >= 15 is 0 Å². The van der Waals surface area contributed by atoms with Crippen LogP contribution < -0.4 is 10.6 Å². The van der Waals surface area contributed by atoms with Crippen LogP contribution >= 0.6 is 0 Å². The molecule has 0 atom stereocenters. The van der Waals surface area contributed by atoms with Gasteiger partial charge in [0.15, 0.2) is 5.76 Å². The van der Waals surface area contributed by atoms with Crippen molar-refractivity contribution in [2.75, 3.05) is 24.7 Å². The van der Waals surface area contributed by atoms with Crippen molar-refractivity contribution in [1.29, 1.82) is 0 Å². The fourth-order valence-corrected chi connectivity index (χ4v) is 3.42. The Hall–Kier alpha value is -4.39. The minimum absolute atomic E-state index is 0.0222. The van der Waals surface area contributed by atoms with Crippen molar-refractivity contribution in [2.24, 2.45) is 0 Å². The molecule has 0 bridgehead atoms. The van der Waals surface area contributed by atoms with E-state index < -0.39 is 0 Å². The Morgan fingerprint density at radius 3 is 1.97 bits per heavy atom. The lowest BCUT2D eigenvalue weighted by atomic mass is 10.1. The summed E-state index contributed by atoms with van der Waals surface area (Å²) >= 11 is 0. The molecular weight excluding hydrogens is 430 g/mol. The summed E-state index contributed by atoms with van der Waals surface area (Å²) in [7, 11) is 3.44. The molecule has 2 N–H and O–H groups in total. The van der Waals surface area contributed by atoms with Crippen LogP contribution in [0.4, 0.5) is 11.4 Å². The zero-order valence-electron chi connectivity index (χ0n) is 19.0. The summed E-state index contributed by atoms with van der Waals surface area (Å²) in [5.74, 6) is -0.232. The average Bonchev–Trinajstić information content (AvgIpc) is 3.26. The summed E-state index contributed by atoms with van der Waals surface area (Å²) in [6.07, 6.45) is 0.513. The van der Waals surface area contributed by atoms with E-state index in [9.17, 15) is 14.4 Å². The number of nitrogens with zero attached hydrogens (tertiary/aromatic N) is 1. The van der Waals surface area contributed by atoms with Crippen LogP contribution in [0.2, 0.25) is 0 Å². The molecule has 0 aliphatic heterocycles. The molecule has 0 aliphatic rings. The molecule has 3 aromatic carbocycles. The largest absolute Gasteiger partial charge is 0.451 e. The van der Waals surface area contributed by atoms with Gasteiger partial charge < -0.3 is 20.0 Å². The van der Waals surface area contributed by atoms with Gasteiger partial charge in [-0.05, 0) is 47.5 Å². The molecule has 0 spiro atoms. The van der Waals surface area contributed by atoms with Crippen molar-refractivity contribution in [3.8, 4) is 0 Å². The fourth-order valence-electron chi connectivity index (χ4n) is 3.42. The molecule has 4 rings (SSSR count). The minimum atomic E-state index is -0.336. The van der Waals surface area contributed by atoms with Crippen LogP contribution in [0.1, 0.15) is 21.7 Å². The Morgan fingerprint density at radius 2 is 1.35 bits per heavy atom. The zero-order chi connectivity index (χ0) is 24.1. The van der Waals surface area contributed by atoms with E-state index in [1.807, 2.05) is 36.4 Å². The Labute approximate surface area is 197 Å². The maximum Gasteiger partial charge on any atom is 0.291 e. The maximum atomic E-state index is 12.5. The quantitative estimate of drug-likeness (QED) is 0.429. The normalized spacial score (nSPS) is 10.6. The van der Waals surface area contributed by atoms with Gasteiger partial charge in [-0.15, -0.1) is 0 Å². The van der Waals surface area contributed by atoms with Gasteiger partial charge >= 0.3 is 0 Å².